The van der Waals surface area contributed by atoms with E-state index in [9.17, 15) is 28.0 Å². The fourth-order valence-corrected chi connectivity index (χ4v) is 9.05. The third-order valence-corrected chi connectivity index (χ3v) is 11.6. The lowest BCUT2D eigenvalue weighted by Crippen LogP contribution is -2.43. The highest BCUT2D eigenvalue weighted by molar-refractivity contribution is 7.23. The number of fused-ring (bicyclic) bond motifs is 3. The highest BCUT2D eigenvalue weighted by Crippen LogP contribution is 2.47. The molecule has 0 saturated carbocycles. The molecule has 1 amide bonds. The zero-order valence-corrected chi connectivity index (χ0v) is 33.9. The minimum absolute atomic E-state index is 0.00355. The SMILES string of the molecule is CN(CCCC(=O)Oc1c(F)cccc1F)c1nc(OC[C@@]23CCCN2C[C@H](F)C3)nc2c(F)c(-c3ccc(F)c4sc(NC(=O)OC(C)(C)C)c(C#N)c34)c(Cl)cc12. The largest absolute Gasteiger partial charge is 0.461 e. The Balaban J connectivity index is 1.27. The molecular weight excluding hydrogens is 819 g/mol. The molecule has 4 heterocycles. The van der Waals surface area contributed by atoms with Gasteiger partial charge in [0, 0.05) is 49.3 Å². The summed E-state index contributed by atoms with van der Waals surface area (Å²) in [5, 5.41) is 12.7. The number of amides is 1. The minimum Gasteiger partial charge on any atom is -0.461 e. The van der Waals surface area contributed by atoms with Crippen LogP contribution >= 0.6 is 22.9 Å². The molecule has 0 bridgehead atoms. The molecule has 0 radical (unpaired) electrons. The molecule has 5 aromatic rings. The first-order valence-corrected chi connectivity index (χ1v) is 19.9. The summed E-state index contributed by atoms with van der Waals surface area (Å²) >= 11 is 7.63. The molecule has 2 aliphatic rings. The number of anilines is 2. The number of esters is 1. The van der Waals surface area contributed by atoms with Gasteiger partial charge < -0.3 is 19.1 Å². The molecule has 1 N–H and O–H groups in total. The average Bonchev–Trinajstić information content (AvgIpc) is 3.82. The van der Waals surface area contributed by atoms with Crippen LogP contribution in [0.15, 0.2) is 36.4 Å². The van der Waals surface area contributed by atoms with Crippen molar-refractivity contribution in [3.63, 3.8) is 0 Å². The number of carbonyl (C=O) groups excluding carboxylic acids is 2. The normalized spacial score (nSPS) is 17.9. The van der Waals surface area contributed by atoms with E-state index in [0.717, 1.165) is 42.0 Å². The number of thiophene rings is 1. The van der Waals surface area contributed by atoms with Crippen molar-refractivity contribution in [2.45, 2.75) is 70.2 Å². The standard InChI is InChI=1S/C41H38ClF5N6O5S/c1-40(2,3)58-39(55)51-37-24(18-48)30-22(11-12-28(46)35(30)59-37)31-25(42)16-23-33(32(31)47)49-38(56-20-41-13-7-15-53(41)19-21(43)17-41)50-36(23)52(4)14-6-10-29(54)57-34-26(44)8-5-9-27(34)45/h5,8-9,11-12,16,21H,6-7,10,13-15,17,19-20H2,1-4H3,(H,51,55)/t21-,41+/m1/s1. The van der Waals surface area contributed by atoms with E-state index < -0.39 is 58.4 Å². The number of para-hydroxylation sites is 1. The number of carbonyl (C=O) groups is 2. The number of ether oxygens (including phenoxy) is 3. The monoisotopic (exact) mass is 856 g/mol. The van der Waals surface area contributed by atoms with Crippen LogP contribution in [-0.4, -0.2) is 77.5 Å². The van der Waals surface area contributed by atoms with Crippen molar-refractivity contribution in [1.29, 1.82) is 5.26 Å². The first-order chi connectivity index (χ1) is 28.0. The highest BCUT2D eigenvalue weighted by atomic mass is 35.5. The topological polar surface area (TPSA) is 130 Å². The Morgan fingerprint density at radius 1 is 1.14 bits per heavy atom. The van der Waals surface area contributed by atoms with Gasteiger partial charge in [-0.15, -0.1) is 11.3 Å². The number of hydrogen-bond donors (Lipinski definition) is 1. The van der Waals surface area contributed by atoms with E-state index in [2.05, 4.69) is 15.3 Å². The Labute approximate surface area is 344 Å². The van der Waals surface area contributed by atoms with E-state index in [1.807, 2.05) is 11.0 Å². The van der Waals surface area contributed by atoms with Gasteiger partial charge in [0.1, 0.15) is 46.6 Å². The molecule has 18 heteroatoms. The molecule has 2 atom stereocenters. The van der Waals surface area contributed by atoms with E-state index >= 15 is 8.78 Å². The maximum Gasteiger partial charge on any atom is 0.412 e. The maximum absolute atomic E-state index is 17.3. The van der Waals surface area contributed by atoms with Crippen LogP contribution in [0.4, 0.5) is 37.6 Å². The Morgan fingerprint density at radius 3 is 2.59 bits per heavy atom. The third-order valence-electron chi connectivity index (χ3n) is 10.2. The van der Waals surface area contributed by atoms with Gasteiger partial charge in [0.15, 0.2) is 17.5 Å². The maximum atomic E-state index is 17.3. The number of benzene rings is 3. The number of halogens is 6. The van der Waals surface area contributed by atoms with Gasteiger partial charge in [0.25, 0.3) is 0 Å². The van der Waals surface area contributed by atoms with Gasteiger partial charge in [0.2, 0.25) is 5.75 Å². The van der Waals surface area contributed by atoms with E-state index in [-0.39, 0.29) is 98.5 Å². The van der Waals surface area contributed by atoms with Gasteiger partial charge in [-0.05, 0) is 76.4 Å². The van der Waals surface area contributed by atoms with Crippen LogP contribution in [0.5, 0.6) is 11.8 Å². The summed E-state index contributed by atoms with van der Waals surface area (Å²) < 4.78 is 91.8. The molecule has 0 unspecified atom stereocenters. The number of nitriles is 1. The van der Waals surface area contributed by atoms with Crippen molar-refractivity contribution < 1.29 is 45.8 Å². The summed E-state index contributed by atoms with van der Waals surface area (Å²) in [6.45, 7) is 6.06. The molecule has 11 nitrogen and oxygen atoms in total. The van der Waals surface area contributed by atoms with Crippen LogP contribution in [0.25, 0.3) is 32.1 Å². The van der Waals surface area contributed by atoms with Gasteiger partial charge in [0.05, 0.1) is 20.8 Å². The second-order valence-electron chi connectivity index (χ2n) is 15.5. The van der Waals surface area contributed by atoms with Gasteiger partial charge in [-0.3, -0.25) is 15.0 Å². The number of hydrogen-bond acceptors (Lipinski definition) is 11. The van der Waals surface area contributed by atoms with Gasteiger partial charge in [-0.2, -0.15) is 15.2 Å². The van der Waals surface area contributed by atoms with Crippen LogP contribution in [0.2, 0.25) is 5.02 Å². The van der Waals surface area contributed by atoms with E-state index in [1.165, 1.54) is 12.1 Å². The Morgan fingerprint density at radius 2 is 1.88 bits per heavy atom. The number of nitrogens with one attached hydrogen (secondary N) is 1. The van der Waals surface area contributed by atoms with Crippen LogP contribution in [0, 0.1) is 34.6 Å². The lowest BCUT2D eigenvalue weighted by atomic mass is 9.95. The van der Waals surface area contributed by atoms with E-state index in [4.69, 9.17) is 25.8 Å². The lowest BCUT2D eigenvalue weighted by Gasteiger charge is -2.31. The molecule has 3 aromatic carbocycles. The summed E-state index contributed by atoms with van der Waals surface area (Å²) in [6, 6.07) is 8.62. The summed E-state index contributed by atoms with van der Waals surface area (Å²) in [7, 11) is 1.61. The van der Waals surface area contributed by atoms with Gasteiger partial charge in [-0.25, -0.2) is 26.7 Å². The predicted octanol–water partition coefficient (Wildman–Crippen LogP) is 9.72. The average molecular weight is 857 g/mol. The van der Waals surface area contributed by atoms with Crippen molar-refractivity contribution in [2.75, 3.05) is 43.5 Å². The molecule has 59 heavy (non-hydrogen) atoms. The van der Waals surface area contributed by atoms with Crippen LogP contribution in [0.1, 0.15) is 58.4 Å². The van der Waals surface area contributed by atoms with Crippen LogP contribution in [-0.2, 0) is 9.53 Å². The van der Waals surface area contributed by atoms with Crippen molar-refractivity contribution >= 4 is 66.8 Å². The molecule has 0 aliphatic carbocycles. The van der Waals surface area contributed by atoms with Crippen LogP contribution in [0.3, 0.4) is 0 Å². The smallest absolute Gasteiger partial charge is 0.412 e. The quantitative estimate of drug-likeness (QED) is 0.0779. The van der Waals surface area contributed by atoms with Gasteiger partial charge >= 0.3 is 18.1 Å². The molecule has 0 spiro atoms. The zero-order chi connectivity index (χ0) is 42.4. The summed E-state index contributed by atoms with van der Waals surface area (Å²) in [5.74, 6) is -5.31. The molecule has 310 valence electrons. The molecular formula is C41H38ClF5N6O5S. The summed E-state index contributed by atoms with van der Waals surface area (Å²) in [6.07, 6.45) is -0.277. The molecule has 2 fully saturated rings. The number of rotatable bonds is 11. The Bertz CT molecular complexity index is 2510. The van der Waals surface area contributed by atoms with Crippen LogP contribution < -0.4 is 19.7 Å². The van der Waals surface area contributed by atoms with Crippen molar-refractivity contribution in [3.8, 4) is 29.0 Å². The first-order valence-electron chi connectivity index (χ1n) is 18.7. The van der Waals surface area contributed by atoms with Crippen molar-refractivity contribution in [1.82, 2.24) is 14.9 Å². The fraction of sp³-hybridized carbons (Fsp3) is 0.390. The third kappa shape index (κ3) is 8.44. The molecule has 2 aromatic heterocycles. The van der Waals surface area contributed by atoms with E-state index in [0.29, 0.717) is 13.0 Å². The first kappa shape index (κ1) is 41.8. The van der Waals surface area contributed by atoms with Crippen molar-refractivity contribution in [2.24, 2.45) is 0 Å². The summed E-state index contributed by atoms with van der Waals surface area (Å²) in [5.41, 5.74) is -2.05. The fourth-order valence-electron chi connectivity index (χ4n) is 7.69. The van der Waals surface area contributed by atoms with Crippen molar-refractivity contribution in [3.05, 3.63) is 70.3 Å². The predicted molar refractivity (Wildman–Crippen MR) is 213 cm³/mol. The lowest BCUT2D eigenvalue weighted by molar-refractivity contribution is -0.134. The second-order valence-corrected chi connectivity index (χ2v) is 17.0. The highest BCUT2D eigenvalue weighted by Gasteiger charge is 2.49. The van der Waals surface area contributed by atoms with E-state index in [1.54, 1.807) is 32.7 Å². The summed E-state index contributed by atoms with van der Waals surface area (Å²) in [4.78, 5) is 38.0. The molecule has 2 aliphatic heterocycles. The van der Waals surface area contributed by atoms with Gasteiger partial charge in [-0.1, -0.05) is 23.7 Å². The zero-order valence-electron chi connectivity index (χ0n) is 32.4. The Kier molecular flexibility index (Phi) is 11.6. The minimum atomic E-state index is -1.04. The number of nitrogens with zero attached hydrogens (tertiary/aromatic N) is 5. The molecule has 2 saturated heterocycles. The second kappa shape index (κ2) is 16.4. The Hall–Kier alpha value is -5.31. The number of aromatic nitrogens is 2. The number of alkyl halides is 1. The molecule has 7 rings (SSSR count).